The third-order valence-electron chi connectivity index (χ3n) is 10.9. The predicted molar refractivity (Wildman–Crippen MR) is 124 cm³/mol. The first-order valence-corrected chi connectivity index (χ1v) is 13.0. The number of carbonyl (C=O) groups excluding carboxylic acids is 1. The highest BCUT2D eigenvalue weighted by Crippen LogP contribution is 2.67. The number of aliphatic hydroxyl groups is 1. The number of rotatable bonds is 5. The van der Waals surface area contributed by atoms with E-state index in [-0.39, 0.29) is 5.41 Å². The van der Waals surface area contributed by atoms with Gasteiger partial charge >= 0.3 is 0 Å². The summed E-state index contributed by atoms with van der Waals surface area (Å²) in [7, 11) is 0. The molecule has 4 rings (SSSR count). The Morgan fingerprint density at radius 1 is 1.00 bits per heavy atom. The van der Waals surface area contributed by atoms with Crippen molar-refractivity contribution in [3.05, 3.63) is 11.6 Å². The van der Waals surface area contributed by atoms with E-state index in [2.05, 4.69) is 41.5 Å². The Hall–Kier alpha value is -0.630. The topological polar surface area (TPSA) is 37.3 Å². The molecule has 3 fully saturated rings. The summed E-state index contributed by atoms with van der Waals surface area (Å²) < 4.78 is 0. The molecule has 0 amide bonds. The van der Waals surface area contributed by atoms with Gasteiger partial charge in [0.25, 0.3) is 0 Å². The van der Waals surface area contributed by atoms with Gasteiger partial charge in [0.15, 0.2) is 5.78 Å². The Morgan fingerprint density at radius 3 is 2.43 bits per heavy atom. The summed E-state index contributed by atoms with van der Waals surface area (Å²) in [5.74, 6) is 5.51. The van der Waals surface area contributed by atoms with Gasteiger partial charge in [0, 0.05) is 6.42 Å². The van der Waals surface area contributed by atoms with Crippen molar-refractivity contribution in [2.75, 3.05) is 0 Å². The molecule has 4 aliphatic carbocycles. The van der Waals surface area contributed by atoms with Crippen molar-refractivity contribution in [2.24, 2.45) is 52.3 Å². The minimum absolute atomic E-state index is 0.0109. The molecule has 3 saturated carbocycles. The highest BCUT2D eigenvalue weighted by atomic mass is 16.3. The fourth-order valence-electron chi connectivity index (χ4n) is 8.57. The molecule has 0 spiro atoms. The van der Waals surface area contributed by atoms with E-state index in [1.165, 1.54) is 38.5 Å². The zero-order chi connectivity index (χ0) is 21.8. The van der Waals surface area contributed by atoms with Gasteiger partial charge in [-0.15, -0.1) is 0 Å². The van der Waals surface area contributed by atoms with E-state index < -0.39 is 6.10 Å². The maximum atomic E-state index is 13.2. The van der Waals surface area contributed by atoms with Crippen LogP contribution in [-0.4, -0.2) is 17.0 Å². The lowest BCUT2D eigenvalue weighted by Crippen LogP contribution is -2.53. The van der Waals surface area contributed by atoms with E-state index in [0.29, 0.717) is 23.0 Å². The first kappa shape index (κ1) is 22.6. The molecule has 0 aromatic carbocycles. The van der Waals surface area contributed by atoms with E-state index >= 15 is 0 Å². The number of fused-ring (bicyclic) bond motifs is 5. The molecular weight excluding hydrogens is 368 g/mol. The molecule has 0 radical (unpaired) electrons. The molecule has 0 unspecified atom stereocenters. The highest BCUT2D eigenvalue weighted by molar-refractivity contribution is 5.98. The maximum Gasteiger partial charge on any atom is 0.159 e. The van der Waals surface area contributed by atoms with Crippen LogP contribution in [0.25, 0.3) is 0 Å². The van der Waals surface area contributed by atoms with Crippen molar-refractivity contribution >= 4 is 5.78 Å². The smallest absolute Gasteiger partial charge is 0.159 e. The van der Waals surface area contributed by atoms with E-state index in [0.717, 1.165) is 54.4 Å². The average Bonchev–Trinajstić information content (AvgIpc) is 3.04. The first-order valence-electron chi connectivity index (χ1n) is 13.0. The molecule has 0 aromatic heterocycles. The van der Waals surface area contributed by atoms with Gasteiger partial charge in [0.2, 0.25) is 0 Å². The fraction of sp³-hybridized carbons (Fsp3) is 0.893. The second-order valence-corrected chi connectivity index (χ2v) is 12.6. The zero-order valence-corrected chi connectivity index (χ0v) is 20.4. The summed E-state index contributed by atoms with van der Waals surface area (Å²) in [5.41, 5.74) is 1.42. The number of Topliss-reactive ketones (excluding diaryl/α,β-unsaturated/α-hetero) is 1. The Morgan fingerprint density at radius 2 is 1.73 bits per heavy atom. The van der Waals surface area contributed by atoms with Crippen LogP contribution in [-0.2, 0) is 4.79 Å². The molecule has 0 aromatic rings. The van der Waals surface area contributed by atoms with Crippen LogP contribution in [0.3, 0.4) is 0 Å². The maximum absolute atomic E-state index is 13.2. The summed E-state index contributed by atoms with van der Waals surface area (Å²) in [6.45, 7) is 14.6. The van der Waals surface area contributed by atoms with Crippen molar-refractivity contribution in [1.29, 1.82) is 0 Å². The average molecular weight is 415 g/mol. The predicted octanol–water partition coefficient (Wildman–Crippen LogP) is 6.81. The molecular formula is C28H46O2. The summed E-state index contributed by atoms with van der Waals surface area (Å²) in [5, 5.41) is 10.2. The minimum atomic E-state index is -0.410. The highest BCUT2D eigenvalue weighted by Gasteiger charge is 2.60. The summed E-state index contributed by atoms with van der Waals surface area (Å²) in [6, 6.07) is 0. The molecule has 170 valence electrons. The van der Waals surface area contributed by atoms with Crippen molar-refractivity contribution in [1.82, 2.24) is 0 Å². The van der Waals surface area contributed by atoms with Crippen LogP contribution in [0, 0.1) is 52.3 Å². The minimum Gasteiger partial charge on any atom is -0.389 e. The van der Waals surface area contributed by atoms with Crippen LogP contribution in [0.1, 0.15) is 99.3 Å². The zero-order valence-electron chi connectivity index (χ0n) is 20.4. The Balaban J connectivity index is 1.52. The lowest BCUT2D eigenvalue weighted by Gasteiger charge is -2.58. The molecule has 9 atom stereocenters. The van der Waals surface area contributed by atoms with E-state index in [1.807, 2.05) is 6.08 Å². The molecule has 2 heteroatoms. The van der Waals surface area contributed by atoms with Crippen LogP contribution in [0.2, 0.25) is 0 Å². The monoisotopic (exact) mass is 414 g/mol. The van der Waals surface area contributed by atoms with E-state index in [9.17, 15) is 9.90 Å². The van der Waals surface area contributed by atoms with Crippen molar-refractivity contribution in [3.63, 3.8) is 0 Å². The van der Waals surface area contributed by atoms with Gasteiger partial charge in [-0.2, -0.15) is 0 Å². The SMILES string of the molecule is CC(C)[C@@H](C)CC[C@@H](C)[C@H]1CC[C@H]2[C@@H]3CC(=O)C4=C[C@@H](O)CC[C@]4(C)[C@H]3CC[C@]12C. The lowest BCUT2D eigenvalue weighted by molar-refractivity contribution is -0.129. The van der Waals surface area contributed by atoms with Gasteiger partial charge < -0.3 is 5.11 Å². The third kappa shape index (κ3) is 3.54. The second-order valence-electron chi connectivity index (χ2n) is 12.6. The van der Waals surface area contributed by atoms with Crippen LogP contribution >= 0.6 is 0 Å². The van der Waals surface area contributed by atoms with Gasteiger partial charge in [-0.25, -0.2) is 0 Å². The van der Waals surface area contributed by atoms with Crippen molar-refractivity contribution in [3.8, 4) is 0 Å². The molecule has 30 heavy (non-hydrogen) atoms. The van der Waals surface area contributed by atoms with Crippen molar-refractivity contribution < 1.29 is 9.90 Å². The molecule has 1 N–H and O–H groups in total. The molecule has 0 heterocycles. The lowest BCUT2D eigenvalue weighted by atomic mass is 9.46. The number of hydrogen-bond acceptors (Lipinski definition) is 2. The molecule has 0 saturated heterocycles. The molecule has 0 aliphatic heterocycles. The Bertz CT molecular complexity index is 693. The summed E-state index contributed by atoms with van der Waals surface area (Å²) in [4.78, 5) is 13.2. The van der Waals surface area contributed by atoms with Gasteiger partial charge in [0.05, 0.1) is 6.10 Å². The van der Waals surface area contributed by atoms with Crippen LogP contribution in [0.15, 0.2) is 11.6 Å². The Labute approximate surface area is 185 Å². The number of allylic oxidation sites excluding steroid dienone is 1. The number of hydrogen-bond donors (Lipinski definition) is 1. The molecule has 4 aliphatic rings. The molecule has 0 bridgehead atoms. The normalized spacial score (nSPS) is 45.4. The van der Waals surface area contributed by atoms with Gasteiger partial charge in [0.1, 0.15) is 0 Å². The van der Waals surface area contributed by atoms with Gasteiger partial charge in [-0.1, -0.05) is 54.4 Å². The summed E-state index contributed by atoms with van der Waals surface area (Å²) in [6.07, 6.45) is 12.1. The van der Waals surface area contributed by atoms with Crippen LogP contribution < -0.4 is 0 Å². The fourth-order valence-corrected chi connectivity index (χ4v) is 8.57. The standard InChI is InChI=1S/C28H46O2/c1-17(2)18(3)7-8-19(4)22-9-10-23-21-16-26(30)25-15-20(29)11-13-28(25,6)24(21)12-14-27(22,23)5/h15,17-24,29H,7-14,16H2,1-6H3/t18-,19+,20-,21-,22+,23-,24-,27+,28+/m0/s1. The quantitative estimate of drug-likeness (QED) is 0.536. The largest absolute Gasteiger partial charge is 0.389 e. The number of aliphatic hydroxyl groups excluding tert-OH is 1. The number of carbonyl (C=O) groups is 1. The van der Waals surface area contributed by atoms with Crippen LogP contribution in [0.5, 0.6) is 0 Å². The first-order chi connectivity index (χ1) is 14.1. The van der Waals surface area contributed by atoms with Gasteiger partial charge in [-0.3, -0.25) is 4.79 Å². The molecule has 2 nitrogen and oxygen atoms in total. The van der Waals surface area contributed by atoms with Gasteiger partial charge in [-0.05, 0) is 102 Å². The van der Waals surface area contributed by atoms with E-state index in [1.54, 1.807) is 0 Å². The Kier molecular flexibility index (Phi) is 6.06. The number of ketones is 1. The third-order valence-corrected chi connectivity index (χ3v) is 10.9. The van der Waals surface area contributed by atoms with Crippen molar-refractivity contribution in [2.45, 2.75) is 105 Å². The second kappa shape index (κ2) is 8.05. The summed E-state index contributed by atoms with van der Waals surface area (Å²) >= 11 is 0. The van der Waals surface area contributed by atoms with Crippen LogP contribution in [0.4, 0.5) is 0 Å². The van der Waals surface area contributed by atoms with E-state index in [4.69, 9.17) is 0 Å².